The third-order valence-electron chi connectivity index (χ3n) is 3.74. The predicted molar refractivity (Wildman–Crippen MR) is 95.1 cm³/mol. The summed E-state index contributed by atoms with van der Waals surface area (Å²) < 4.78 is 14.2. The lowest BCUT2D eigenvalue weighted by atomic mass is 10.1. The quantitative estimate of drug-likeness (QED) is 0.870. The standard InChI is InChI=1S/C17H24FN3O2.ClH/c1-11(2)8-16(22)20-15-5-4-13(9-14(15)18)17(23)21-7-6-19-12(3)10-21;/h4-5,9,11-12,19H,6-8,10H2,1-3H3,(H,20,22);1H. The van der Waals surface area contributed by atoms with Crippen molar-refractivity contribution >= 4 is 29.9 Å². The molecule has 1 aliphatic rings. The Kier molecular flexibility index (Phi) is 7.63. The molecule has 0 spiro atoms. The van der Waals surface area contributed by atoms with Crippen LogP contribution in [-0.4, -0.2) is 42.4 Å². The molecule has 1 atom stereocenters. The fraction of sp³-hybridized carbons (Fsp3) is 0.529. The van der Waals surface area contributed by atoms with E-state index in [1.165, 1.54) is 12.1 Å². The average molecular weight is 358 g/mol. The van der Waals surface area contributed by atoms with Crippen LogP contribution in [0.15, 0.2) is 18.2 Å². The highest BCUT2D eigenvalue weighted by molar-refractivity contribution is 5.96. The maximum absolute atomic E-state index is 14.2. The van der Waals surface area contributed by atoms with Gasteiger partial charge < -0.3 is 15.5 Å². The van der Waals surface area contributed by atoms with Crippen LogP contribution < -0.4 is 10.6 Å². The van der Waals surface area contributed by atoms with Crippen molar-refractivity contribution in [3.05, 3.63) is 29.6 Å². The van der Waals surface area contributed by atoms with Crippen LogP contribution in [0.1, 0.15) is 37.6 Å². The minimum atomic E-state index is -0.587. The van der Waals surface area contributed by atoms with E-state index in [-0.39, 0.29) is 41.9 Å². The van der Waals surface area contributed by atoms with Crippen molar-refractivity contribution in [2.45, 2.75) is 33.2 Å². The summed E-state index contributed by atoms with van der Waals surface area (Å²) >= 11 is 0. The molecule has 1 unspecified atom stereocenters. The number of hydrogen-bond acceptors (Lipinski definition) is 3. The molecule has 2 N–H and O–H groups in total. The molecule has 7 heteroatoms. The van der Waals surface area contributed by atoms with Gasteiger partial charge in [0, 0.05) is 37.7 Å². The van der Waals surface area contributed by atoms with Gasteiger partial charge in [-0.25, -0.2) is 4.39 Å². The Morgan fingerprint density at radius 3 is 2.71 bits per heavy atom. The number of benzene rings is 1. The van der Waals surface area contributed by atoms with Crippen LogP contribution in [0.5, 0.6) is 0 Å². The van der Waals surface area contributed by atoms with E-state index in [9.17, 15) is 14.0 Å². The van der Waals surface area contributed by atoms with Crippen molar-refractivity contribution in [3.63, 3.8) is 0 Å². The number of rotatable bonds is 4. The summed E-state index contributed by atoms with van der Waals surface area (Å²) in [6, 6.07) is 4.43. The van der Waals surface area contributed by atoms with Crippen molar-refractivity contribution in [2.75, 3.05) is 25.0 Å². The van der Waals surface area contributed by atoms with Gasteiger partial charge in [-0.2, -0.15) is 0 Å². The van der Waals surface area contributed by atoms with E-state index in [4.69, 9.17) is 0 Å². The number of nitrogens with one attached hydrogen (secondary N) is 2. The zero-order chi connectivity index (χ0) is 17.0. The largest absolute Gasteiger partial charge is 0.336 e. The Morgan fingerprint density at radius 2 is 2.12 bits per heavy atom. The van der Waals surface area contributed by atoms with Crippen LogP contribution >= 0.6 is 12.4 Å². The highest BCUT2D eigenvalue weighted by Crippen LogP contribution is 2.18. The Hall–Kier alpha value is -1.66. The number of hydrogen-bond donors (Lipinski definition) is 2. The molecule has 1 aliphatic heterocycles. The van der Waals surface area contributed by atoms with E-state index >= 15 is 0 Å². The van der Waals surface area contributed by atoms with Crippen LogP contribution in [0, 0.1) is 11.7 Å². The molecule has 24 heavy (non-hydrogen) atoms. The fourth-order valence-corrected chi connectivity index (χ4v) is 2.62. The lowest BCUT2D eigenvalue weighted by molar-refractivity contribution is -0.116. The Bertz CT molecular complexity index is 595. The minimum absolute atomic E-state index is 0. The summed E-state index contributed by atoms with van der Waals surface area (Å²) in [5.74, 6) is -0.795. The van der Waals surface area contributed by atoms with Gasteiger partial charge in [-0.15, -0.1) is 12.4 Å². The van der Waals surface area contributed by atoms with Gasteiger partial charge in [-0.05, 0) is 31.0 Å². The second-order valence-electron chi connectivity index (χ2n) is 6.45. The summed E-state index contributed by atoms with van der Waals surface area (Å²) in [5, 5.41) is 5.81. The first-order valence-electron chi connectivity index (χ1n) is 7.99. The maximum Gasteiger partial charge on any atom is 0.254 e. The van der Waals surface area contributed by atoms with Crippen LogP contribution in [0.3, 0.4) is 0 Å². The highest BCUT2D eigenvalue weighted by Gasteiger charge is 2.22. The Balaban J connectivity index is 0.00000288. The lowest BCUT2D eigenvalue weighted by Gasteiger charge is -2.32. The monoisotopic (exact) mass is 357 g/mol. The van der Waals surface area contributed by atoms with Crippen LogP contribution in [0.2, 0.25) is 0 Å². The van der Waals surface area contributed by atoms with Gasteiger partial charge in [-0.3, -0.25) is 9.59 Å². The topological polar surface area (TPSA) is 61.4 Å². The molecule has 2 rings (SSSR count). The molecule has 0 bridgehead atoms. The molecule has 134 valence electrons. The summed E-state index contributed by atoms with van der Waals surface area (Å²) in [5.41, 5.74) is 0.416. The lowest BCUT2D eigenvalue weighted by Crippen LogP contribution is -2.51. The highest BCUT2D eigenvalue weighted by atomic mass is 35.5. The van der Waals surface area contributed by atoms with E-state index in [0.717, 1.165) is 6.54 Å². The molecule has 0 aliphatic carbocycles. The normalized spacial score (nSPS) is 17.4. The molecular weight excluding hydrogens is 333 g/mol. The number of halogens is 2. The van der Waals surface area contributed by atoms with E-state index in [1.54, 1.807) is 11.0 Å². The number of carbonyl (C=O) groups is 2. The molecule has 2 amide bonds. The van der Waals surface area contributed by atoms with Gasteiger partial charge in [-0.1, -0.05) is 13.8 Å². The fourth-order valence-electron chi connectivity index (χ4n) is 2.62. The van der Waals surface area contributed by atoms with Crippen molar-refractivity contribution in [2.24, 2.45) is 5.92 Å². The van der Waals surface area contributed by atoms with Gasteiger partial charge in [0.1, 0.15) is 5.82 Å². The number of carbonyl (C=O) groups excluding carboxylic acids is 2. The van der Waals surface area contributed by atoms with Crippen LogP contribution in [0.25, 0.3) is 0 Å². The Morgan fingerprint density at radius 1 is 1.42 bits per heavy atom. The predicted octanol–water partition coefficient (Wildman–Crippen LogP) is 2.67. The molecule has 0 aromatic heterocycles. The zero-order valence-corrected chi connectivity index (χ0v) is 15.1. The molecule has 1 heterocycles. The molecule has 0 radical (unpaired) electrons. The van der Waals surface area contributed by atoms with Crippen LogP contribution in [0.4, 0.5) is 10.1 Å². The van der Waals surface area contributed by atoms with Gasteiger partial charge >= 0.3 is 0 Å². The third kappa shape index (κ3) is 5.46. The second kappa shape index (κ2) is 8.99. The second-order valence-corrected chi connectivity index (χ2v) is 6.45. The zero-order valence-electron chi connectivity index (χ0n) is 14.3. The van der Waals surface area contributed by atoms with Gasteiger partial charge in [0.2, 0.25) is 5.91 Å². The van der Waals surface area contributed by atoms with Gasteiger partial charge in [0.15, 0.2) is 0 Å². The number of amides is 2. The molecule has 1 aromatic rings. The molecule has 1 saturated heterocycles. The van der Waals surface area contributed by atoms with Crippen molar-refractivity contribution in [1.29, 1.82) is 0 Å². The summed E-state index contributed by atoms with van der Waals surface area (Å²) in [4.78, 5) is 25.9. The van der Waals surface area contributed by atoms with Gasteiger partial charge in [0.05, 0.1) is 5.69 Å². The third-order valence-corrected chi connectivity index (χ3v) is 3.74. The SMILES string of the molecule is CC(C)CC(=O)Nc1ccc(C(=O)N2CCNC(C)C2)cc1F.Cl. The van der Waals surface area contributed by atoms with E-state index < -0.39 is 5.82 Å². The average Bonchev–Trinajstić information content (AvgIpc) is 2.47. The molecule has 1 fully saturated rings. The smallest absolute Gasteiger partial charge is 0.254 e. The first-order chi connectivity index (χ1) is 10.9. The number of nitrogens with zero attached hydrogens (tertiary/aromatic N) is 1. The van der Waals surface area contributed by atoms with Crippen molar-refractivity contribution in [1.82, 2.24) is 10.2 Å². The summed E-state index contributed by atoms with van der Waals surface area (Å²) in [7, 11) is 0. The summed E-state index contributed by atoms with van der Waals surface area (Å²) in [6.45, 7) is 7.80. The number of piperazine rings is 1. The van der Waals surface area contributed by atoms with Crippen molar-refractivity contribution < 1.29 is 14.0 Å². The molecule has 0 saturated carbocycles. The first kappa shape index (κ1) is 20.4. The number of anilines is 1. The minimum Gasteiger partial charge on any atom is -0.336 e. The first-order valence-corrected chi connectivity index (χ1v) is 7.99. The maximum atomic E-state index is 14.2. The van der Waals surface area contributed by atoms with Gasteiger partial charge in [0.25, 0.3) is 5.91 Å². The molecular formula is C17H25ClFN3O2. The van der Waals surface area contributed by atoms with E-state index in [0.29, 0.717) is 25.1 Å². The van der Waals surface area contributed by atoms with Crippen LogP contribution in [-0.2, 0) is 4.79 Å². The summed E-state index contributed by atoms with van der Waals surface area (Å²) in [6.07, 6.45) is 0.332. The molecule has 1 aromatic carbocycles. The van der Waals surface area contributed by atoms with E-state index in [1.807, 2.05) is 20.8 Å². The molecule has 5 nitrogen and oxygen atoms in total. The van der Waals surface area contributed by atoms with E-state index in [2.05, 4.69) is 10.6 Å². The van der Waals surface area contributed by atoms with Crippen molar-refractivity contribution in [3.8, 4) is 0 Å². The Labute approximate surface area is 148 Å².